The first-order valence-electron chi connectivity index (χ1n) is 6.46. The molecule has 0 radical (unpaired) electrons. The zero-order chi connectivity index (χ0) is 11.4. The molecule has 3 nitrogen and oxygen atoms in total. The number of hydrogen-bond acceptors (Lipinski definition) is 3. The molecule has 0 bridgehead atoms. The van der Waals surface area contributed by atoms with Crippen LogP contribution >= 0.6 is 11.3 Å². The molecule has 0 atom stereocenters. The Hall–Kier alpha value is -0.870. The SMILES string of the molecule is O=C(NC1CC1)c1cc2c(s1)CN(C1CC1)C2. The molecule has 4 heteroatoms. The molecule has 1 N–H and O–H groups in total. The Balaban J connectivity index is 1.48. The maximum Gasteiger partial charge on any atom is 0.261 e. The molecule has 1 aliphatic heterocycles. The third kappa shape index (κ3) is 1.89. The van der Waals surface area contributed by atoms with Crippen molar-refractivity contribution in [2.75, 3.05) is 0 Å². The summed E-state index contributed by atoms with van der Waals surface area (Å²) in [5.74, 6) is 0.143. The predicted molar refractivity (Wildman–Crippen MR) is 67.1 cm³/mol. The molecule has 0 unspecified atom stereocenters. The summed E-state index contributed by atoms with van der Waals surface area (Å²) in [5, 5.41) is 3.06. The van der Waals surface area contributed by atoms with Crippen LogP contribution in [0.1, 0.15) is 45.8 Å². The largest absolute Gasteiger partial charge is 0.349 e. The van der Waals surface area contributed by atoms with Gasteiger partial charge in [0.25, 0.3) is 5.91 Å². The summed E-state index contributed by atoms with van der Waals surface area (Å²) in [6, 6.07) is 3.40. The summed E-state index contributed by atoms with van der Waals surface area (Å²) in [7, 11) is 0. The van der Waals surface area contributed by atoms with Gasteiger partial charge >= 0.3 is 0 Å². The minimum absolute atomic E-state index is 0.143. The number of amides is 1. The van der Waals surface area contributed by atoms with Crippen molar-refractivity contribution in [3.05, 3.63) is 21.4 Å². The summed E-state index contributed by atoms with van der Waals surface area (Å²) in [6.07, 6.45) is 5.05. The molecule has 1 aromatic rings. The monoisotopic (exact) mass is 248 g/mol. The summed E-state index contributed by atoms with van der Waals surface area (Å²) in [4.78, 5) is 16.8. The van der Waals surface area contributed by atoms with Gasteiger partial charge in [-0.2, -0.15) is 0 Å². The van der Waals surface area contributed by atoms with E-state index in [-0.39, 0.29) is 5.91 Å². The number of nitrogens with zero attached hydrogens (tertiary/aromatic N) is 1. The van der Waals surface area contributed by atoms with Gasteiger partial charge in [0.2, 0.25) is 0 Å². The minimum Gasteiger partial charge on any atom is -0.349 e. The van der Waals surface area contributed by atoms with E-state index in [1.165, 1.54) is 23.3 Å². The zero-order valence-electron chi connectivity index (χ0n) is 9.74. The number of nitrogens with one attached hydrogen (secondary N) is 1. The highest BCUT2D eigenvalue weighted by Gasteiger charge is 2.34. The van der Waals surface area contributed by atoms with Crippen LogP contribution in [0.5, 0.6) is 0 Å². The third-order valence-corrected chi connectivity index (χ3v) is 4.98. The number of carbonyl (C=O) groups excluding carboxylic acids is 1. The van der Waals surface area contributed by atoms with Crippen molar-refractivity contribution in [3.8, 4) is 0 Å². The molecule has 2 saturated carbocycles. The van der Waals surface area contributed by atoms with E-state index in [0.717, 1.165) is 36.9 Å². The molecule has 0 saturated heterocycles. The van der Waals surface area contributed by atoms with E-state index in [9.17, 15) is 4.79 Å². The highest BCUT2D eigenvalue weighted by atomic mass is 32.1. The smallest absolute Gasteiger partial charge is 0.261 e. The second-order valence-electron chi connectivity index (χ2n) is 5.44. The normalized spacial score (nSPS) is 23.8. The quantitative estimate of drug-likeness (QED) is 0.888. The third-order valence-electron chi connectivity index (χ3n) is 3.82. The molecule has 2 heterocycles. The molecule has 1 amide bonds. The van der Waals surface area contributed by atoms with E-state index >= 15 is 0 Å². The van der Waals surface area contributed by atoms with E-state index in [1.807, 2.05) is 0 Å². The predicted octanol–water partition coefficient (Wildman–Crippen LogP) is 2.12. The van der Waals surface area contributed by atoms with E-state index < -0.39 is 0 Å². The number of carbonyl (C=O) groups is 1. The van der Waals surface area contributed by atoms with Crippen molar-refractivity contribution in [1.82, 2.24) is 10.2 Å². The van der Waals surface area contributed by atoms with Gasteiger partial charge in [0.1, 0.15) is 0 Å². The first-order chi connectivity index (χ1) is 8.29. The molecular weight excluding hydrogens is 232 g/mol. The zero-order valence-corrected chi connectivity index (χ0v) is 10.6. The van der Waals surface area contributed by atoms with Gasteiger partial charge < -0.3 is 5.32 Å². The molecule has 1 aromatic heterocycles. The minimum atomic E-state index is 0.143. The van der Waals surface area contributed by atoms with Crippen molar-refractivity contribution in [2.24, 2.45) is 0 Å². The van der Waals surface area contributed by atoms with Crippen LogP contribution < -0.4 is 5.32 Å². The Morgan fingerprint density at radius 3 is 2.76 bits per heavy atom. The van der Waals surface area contributed by atoms with Gasteiger partial charge in [-0.3, -0.25) is 9.69 Å². The maximum atomic E-state index is 11.9. The van der Waals surface area contributed by atoms with Crippen LogP contribution in [0.3, 0.4) is 0 Å². The first kappa shape index (κ1) is 10.1. The van der Waals surface area contributed by atoms with Crippen molar-refractivity contribution < 1.29 is 4.79 Å². The molecule has 4 rings (SSSR count). The lowest BCUT2D eigenvalue weighted by Crippen LogP contribution is -2.24. The molecule has 0 spiro atoms. The fourth-order valence-electron chi connectivity index (χ4n) is 2.49. The highest BCUT2D eigenvalue weighted by Crippen LogP contribution is 2.38. The van der Waals surface area contributed by atoms with E-state index in [2.05, 4.69) is 16.3 Å². The van der Waals surface area contributed by atoms with E-state index in [0.29, 0.717) is 6.04 Å². The standard InChI is InChI=1S/C13H16N2OS/c16-13(14-9-1-2-9)11-5-8-6-15(10-3-4-10)7-12(8)17-11/h5,9-10H,1-4,6-7H2,(H,14,16). The second-order valence-corrected chi connectivity index (χ2v) is 6.58. The van der Waals surface area contributed by atoms with Crippen LogP contribution in [0.2, 0.25) is 0 Å². The topological polar surface area (TPSA) is 32.3 Å². The summed E-state index contributed by atoms with van der Waals surface area (Å²) >= 11 is 1.70. The molecule has 2 aliphatic carbocycles. The lowest BCUT2D eigenvalue weighted by Gasteiger charge is -2.12. The van der Waals surface area contributed by atoms with Crippen molar-refractivity contribution >= 4 is 17.2 Å². The van der Waals surface area contributed by atoms with Crippen LogP contribution in [0, 0.1) is 0 Å². The second kappa shape index (κ2) is 3.56. The average Bonchev–Trinajstić information content (AvgIpc) is 3.19. The van der Waals surface area contributed by atoms with Crippen LogP contribution in [0.15, 0.2) is 6.07 Å². The molecule has 90 valence electrons. The van der Waals surface area contributed by atoms with Gasteiger partial charge in [-0.15, -0.1) is 11.3 Å². The Morgan fingerprint density at radius 1 is 1.29 bits per heavy atom. The van der Waals surface area contributed by atoms with Gasteiger partial charge in [-0.05, 0) is 37.3 Å². The lowest BCUT2D eigenvalue weighted by molar-refractivity contribution is 0.0955. The maximum absolute atomic E-state index is 11.9. The Morgan fingerprint density at radius 2 is 2.12 bits per heavy atom. The van der Waals surface area contributed by atoms with Crippen molar-refractivity contribution in [1.29, 1.82) is 0 Å². The van der Waals surface area contributed by atoms with Crippen LogP contribution in [-0.4, -0.2) is 22.9 Å². The summed E-state index contributed by atoms with van der Waals surface area (Å²) < 4.78 is 0. The molecule has 17 heavy (non-hydrogen) atoms. The van der Waals surface area contributed by atoms with E-state index in [1.54, 1.807) is 11.3 Å². The first-order valence-corrected chi connectivity index (χ1v) is 7.28. The fraction of sp³-hybridized carbons (Fsp3) is 0.615. The Bertz CT molecular complexity index is 450. The Labute approximate surface area is 105 Å². The molecule has 3 aliphatic rings. The van der Waals surface area contributed by atoms with Crippen molar-refractivity contribution in [2.45, 2.75) is 50.9 Å². The van der Waals surface area contributed by atoms with Gasteiger partial charge in [0, 0.05) is 30.1 Å². The molecular formula is C13H16N2OS. The van der Waals surface area contributed by atoms with Crippen molar-refractivity contribution in [3.63, 3.8) is 0 Å². The molecule has 0 aromatic carbocycles. The average molecular weight is 248 g/mol. The highest BCUT2D eigenvalue weighted by molar-refractivity contribution is 7.14. The van der Waals surface area contributed by atoms with E-state index in [4.69, 9.17) is 0 Å². The summed E-state index contributed by atoms with van der Waals surface area (Å²) in [5.41, 5.74) is 1.39. The molecule has 2 fully saturated rings. The number of thiophene rings is 1. The fourth-order valence-corrected chi connectivity index (χ4v) is 3.59. The van der Waals surface area contributed by atoms with Crippen LogP contribution in [0.4, 0.5) is 0 Å². The lowest BCUT2D eigenvalue weighted by atomic mass is 10.3. The van der Waals surface area contributed by atoms with Crippen LogP contribution in [0.25, 0.3) is 0 Å². The number of rotatable bonds is 3. The number of fused-ring (bicyclic) bond motifs is 1. The summed E-state index contributed by atoms with van der Waals surface area (Å²) in [6.45, 7) is 2.13. The van der Waals surface area contributed by atoms with Crippen LogP contribution in [-0.2, 0) is 13.1 Å². The van der Waals surface area contributed by atoms with Gasteiger partial charge in [-0.1, -0.05) is 0 Å². The Kier molecular flexibility index (Phi) is 2.11. The number of hydrogen-bond donors (Lipinski definition) is 1. The van der Waals surface area contributed by atoms with Gasteiger partial charge in [0.05, 0.1) is 4.88 Å². The van der Waals surface area contributed by atoms with Gasteiger partial charge in [0.15, 0.2) is 0 Å². The van der Waals surface area contributed by atoms with Gasteiger partial charge in [-0.25, -0.2) is 0 Å².